The summed E-state index contributed by atoms with van der Waals surface area (Å²) < 4.78 is 51.6. The van der Waals surface area contributed by atoms with Gasteiger partial charge >= 0.3 is 13.7 Å². The molecule has 2 aliphatic heterocycles. The van der Waals surface area contributed by atoms with Crippen molar-refractivity contribution in [2.75, 3.05) is 6.61 Å². The lowest BCUT2D eigenvalue weighted by atomic mass is 9.98. The molecular weight excluding hydrogens is 582 g/mol. The van der Waals surface area contributed by atoms with Crippen LogP contribution in [-0.4, -0.2) is 81.2 Å². The number of aromatic nitrogens is 1. The fourth-order valence-corrected chi connectivity index (χ4v) is 6.26. The van der Waals surface area contributed by atoms with E-state index in [-0.39, 0.29) is 5.75 Å². The second-order valence-corrected chi connectivity index (χ2v) is 12.4. The SMILES string of the molecule is CC(C)OC(=O)C(C)NP(=O)(OCC1OC(N2C=CC(=O)NC2O)C(C)(F)C1O)Oc1ccc(-c2nccs2)cc1. The first-order chi connectivity index (χ1) is 19.3. The molecule has 1 saturated heterocycles. The van der Waals surface area contributed by atoms with E-state index in [4.69, 9.17) is 18.5 Å². The second-order valence-electron chi connectivity index (χ2n) is 9.85. The van der Waals surface area contributed by atoms with Crippen LogP contribution in [0.1, 0.15) is 27.7 Å². The van der Waals surface area contributed by atoms with Crippen molar-refractivity contribution in [3.8, 4) is 16.3 Å². The van der Waals surface area contributed by atoms with Crippen LogP contribution in [0.15, 0.2) is 48.1 Å². The van der Waals surface area contributed by atoms with Crippen LogP contribution in [0.25, 0.3) is 10.6 Å². The topological polar surface area (TPSA) is 169 Å². The van der Waals surface area contributed by atoms with Crippen LogP contribution in [0.4, 0.5) is 4.39 Å². The van der Waals surface area contributed by atoms with Crippen molar-refractivity contribution in [1.29, 1.82) is 0 Å². The third kappa shape index (κ3) is 7.30. The van der Waals surface area contributed by atoms with Crippen LogP contribution < -0.4 is 14.9 Å². The van der Waals surface area contributed by atoms with E-state index in [1.54, 1.807) is 44.3 Å². The molecule has 1 amide bonds. The van der Waals surface area contributed by atoms with Gasteiger partial charge in [-0.15, -0.1) is 11.3 Å². The standard InChI is InChI=1S/C25H32FN4O9PS/c1-14(2)37-22(33)15(3)29-40(35,39-17-7-5-16(6-8-17)21-27-10-12-41-21)36-13-18-20(32)25(4,26)23(38-18)30-11-9-19(31)28-24(30)34/h5-12,14-15,18,20,23-24,32,34H,13H2,1-4H3,(H,28,31)(H,29,35). The molecule has 0 aliphatic carbocycles. The molecule has 2 aromatic rings. The number of thiazole rings is 1. The van der Waals surface area contributed by atoms with Gasteiger partial charge in [0.25, 0.3) is 0 Å². The lowest BCUT2D eigenvalue weighted by molar-refractivity contribution is -0.158. The normalized spacial score (nSPS) is 28.3. The summed E-state index contributed by atoms with van der Waals surface area (Å²) >= 11 is 1.44. The average molecular weight is 615 g/mol. The maximum absolute atomic E-state index is 15.6. The molecule has 4 rings (SSSR count). The summed E-state index contributed by atoms with van der Waals surface area (Å²) in [4.78, 5) is 29.1. The summed E-state index contributed by atoms with van der Waals surface area (Å²) in [5, 5.41) is 28.2. The number of carbonyl (C=O) groups excluding carboxylic acids is 2. The first-order valence-corrected chi connectivity index (χ1v) is 15.1. The minimum absolute atomic E-state index is 0.129. The van der Waals surface area contributed by atoms with Crippen molar-refractivity contribution in [3.63, 3.8) is 0 Å². The fraction of sp³-hybridized carbons (Fsp3) is 0.480. The molecule has 1 aromatic heterocycles. The zero-order valence-electron chi connectivity index (χ0n) is 22.7. The van der Waals surface area contributed by atoms with Crippen molar-refractivity contribution < 1.29 is 47.3 Å². The van der Waals surface area contributed by atoms with E-state index in [2.05, 4.69) is 15.4 Å². The maximum Gasteiger partial charge on any atom is 0.459 e. The molecule has 7 unspecified atom stereocenters. The van der Waals surface area contributed by atoms with Gasteiger partial charge in [-0.2, -0.15) is 5.09 Å². The van der Waals surface area contributed by atoms with Gasteiger partial charge in [-0.05, 0) is 52.0 Å². The van der Waals surface area contributed by atoms with Gasteiger partial charge in [-0.3, -0.25) is 14.1 Å². The Hall–Kier alpha value is -2.91. The number of rotatable bonds is 11. The van der Waals surface area contributed by atoms with Crippen molar-refractivity contribution in [1.82, 2.24) is 20.3 Å². The number of ether oxygens (including phenoxy) is 2. The highest BCUT2D eigenvalue weighted by atomic mass is 32.1. The van der Waals surface area contributed by atoms with Gasteiger partial charge in [0.05, 0.1) is 12.7 Å². The van der Waals surface area contributed by atoms with Crippen molar-refractivity contribution in [2.24, 2.45) is 0 Å². The van der Waals surface area contributed by atoms with Crippen LogP contribution in [0.5, 0.6) is 5.75 Å². The third-order valence-corrected chi connectivity index (χ3v) is 8.63. The molecule has 41 heavy (non-hydrogen) atoms. The number of carbonyl (C=O) groups is 2. The molecule has 13 nitrogen and oxygen atoms in total. The predicted octanol–water partition coefficient (Wildman–Crippen LogP) is 2.28. The summed E-state index contributed by atoms with van der Waals surface area (Å²) in [5.74, 6) is -1.18. The molecular formula is C25H32FN4O9PS. The van der Waals surface area contributed by atoms with E-state index < -0.39 is 68.8 Å². The summed E-state index contributed by atoms with van der Waals surface area (Å²) in [6, 6.07) is 5.35. The number of nitrogens with one attached hydrogen (secondary N) is 2. The average Bonchev–Trinajstić information content (AvgIpc) is 3.51. The van der Waals surface area contributed by atoms with Crippen LogP contribution in [-0.2, 0) is 28.2 Å². The van der Waals surface area contributed by atoms with E-state index >= 15 is 4.39 Å². The van der Waals surface area contributed by atoms with Gasteiger partial charge in [-0.1, -0.05) is 0 Å². The van der Waals surface area contributed by atoms with E-state index in [0.717, 1.165) is 34.7 Å². The van der Waals surface area contributed by atoms with E-state index in [0.29, 0.717) is 0 Å². The lowest BCUT2D eigenvalue weighted by Gasteiger charge is -2.37. The van der Waals surface area contributed by atoms with Gasteiger partial charge in [0.1, 0.15) is 29.0 Å². The number of hydrogen-bond acceptors (Lipinski definition) is 12. The van der Waals surface area contributed by atoms with E-state index in [1.165, 1.54) is 18.3 Å². The number of alkyl halides is 1. The number of halogens is 1. The molecule has 3 heterocycles. The monoisotopic (exact) mass is 614 g/mol. The molecule has 224 valence electrons. The zero-order chi connectivity index (χ0) is 29.9. The molecule has 1 fully saturated rings. The number of benzene rings is 1. The number of aliphatic hydroxyl groups is 2. The van der Waals surface area contributed by atoms with Gasteiger partial charge < -0.3 is 34.4 Å². The van der Waals surface area contributed by atoms with E-state index in [1.807, 2.05) is 5.38 Å². The number of aliphatic hydroxyl groups excluding tert-OH is 2. The van der Waals surface area contributed by atoms with Crippen LogP contribution in [0.3, 0.4) is 0 Å². The third-order valence-electron chi connectivity index (χ3n) is 6.16. The Morgan fingerprint density at radius 1 is 1.32 bits per heavy atom. The Labute approximate surface area is 239 Å². The van der Waals surface area contributed by atoms with Crippen molar-refractivity contribution >= 4 is 31.0 Å². The molecule has 0 bridgehead atoms. The Morgan fingerprint density at radius 2 is 2.02 bits per heavy atom. The summed E-state index contributed by atoms with van der Waals surface area (Å²) in [6.45, 7) is 5.14. The van der Waals surface area contributed by atoms with Crippen molar-refractivity contribution in [2.45, 2.75) is 70.3 Å². The number of nitrogens with zero attached hydrogens (tertiary/aromatic N) is 2. The van der Waals surface area contributed by atoms with E-state index in [9.17, 15) is 24.4 Å². The number of amides is 1. The van der Waals surface area contributed by atoms with Gasteiger partial charge in [0, 0.05) is 29.4 Å². The van der Waals surface area contributed by atoms with Crippen LogP contribution in [0, 0.1) is 0 Å². The van der Waals surface area contributed by atoms with Crippen LogP contribution in [0.2, 0.25) is 0 Å². The Kier molecular flexibility index (Phi) is 9.49. The first-order valence-electron chi connectivity index (χ1n) is 12.7. The summed E-state index contributed by atoms with van der Waals surface area (Å²) in [5.41, 5.74) is -1.65. The summed E-state index contributed by atoms with van der Waals surface area (Å²) in [6.07, 6.45) is -2.89. The van der Waals surface area contributed by atoms with Crippen LogP contribution >= 0.6 is 19.1 Å². The Balaban J connectivity index is 1.51. The fourth-order valence-electron chi connectivity index (χ4n) is 4.12. The largest absolute Gasteiger partial charge is 0.462 e. The first kappa shape index (κ1) is 31.0. The molecule has 7 atom stereocenters. The smallest absolute Gasteiger partial charge is 0.459 e. The van der Waals surface area contributed by atoms with Gasteiger partial charge in [0.2, 0.25) is 12.3 Å². The Bertz CT molecular complexity index is 1290. The number of hydrogen-bond donors (Lipinski definition) is 4. The highest BCUT2D eigenvalue weighted by Gasteiger charge is 2.57. The highest BCUT2D eigenvalue weighted by Crippen LogP contribution is 2.47. The molecule has 0 saturated carbocycles. The highest BCUT2D eigenvalue weighted by molar-refractivity contribution is 7.52. The van der Waals surface area contributed by atoms with Gasteiger partial charge in [-0.25, -0.2) is 13.9 Å². The zero-order valence-corrected chi connectivity index (χ0v) is 24.4. The minimum Gasteiger partial charge on any atom is -0.462 e. The lowest BCUT2D eigenvalue weighted by Crippen LogP contribution is -2.58. The molecule has 0 spiro atoms. The minimum atomic E-state index is -4.37. The molecule has 2 aliphatic rings. The Morgan fingerprint density at radius 3 is 2.63 bits per heavy atom. The molecule has 1 aromatic carbocycles. The van der Waals surface area contributed by atoms with Gasteiger partial charge in [0.15, 0.2) is 11.9 Å². The predicted molar refractivity (Wildman–Crippen MR) is 145 cm³/mol. The number of esters is 1. The summed E-state index contributed by atoms with van der Waals surface area (Å²) in [7, 11) is -4.37. The molecule has 16 heteroatoms. The molecule has 0 radical (unpaired) electrons. The maximum atomic E-state index is 15.6. The molecule has 4 N–H and O–H groups in total. The quantitative estimate of drug-likeness (QED) is 0.216. The second kappa shape index (κ2) is 12.5. The van der Waals surface area contributed by atoms with Crippen molar-refractivity contribution in [3.05, 3.63) is 48.1 Å².